The highest BCUT2D eigenvalue weighted by Gasteiger charge is 2.27. The molecule has 0 bridgehead atoms. The normalized spacial score (nSPS) is 15.2. The van der Waals surface area contributed by atoms with Gasteiger partial charge < -0.3 is 9.88 Å². The quantitative estimate of drug-likeness (QED) is 0.696. The number of aromatic amines is 2. The molecule has 1 atom stereocenters. The molecule has 1 amide bonds. The van der Waals surface area contributed by atoms with Crippen LogP contribution in [-0.2, 0) is 17.6 Å². The Morgan fingerprint density at radius 3 is 2.67 bits per heavy atom. The molecule has 3 heterocycles. The second-order valence-electron chi connectivity index (χ2n) is 6.69. The van der Waals surface area contributed by atoms with Crippen molar-refractivity contribution >= 4 is 16.7 Å². The molecule has 27 heavy (non-hydrogen) atoms. The highest BCUT2D eigenvalue weighted by molar-refractivity contribution is 5.91. The van der Waals surface area contributed by atoms with Crippen LogP contribution in [0.1, 0.15) is 29.8 Å². The average Bonchev–Trinajstić information content (AvgIpc) is 2.91. The van der Waals surface area contributed by atoms with Crippen molar-refractivity contribution in [3.05, 3.63) is 68.3 Å². The number of hydrogen-bond donors (Lipinski definition) is 2. The molecule has 2 aromatic heterocycles. The van der Waals surface area contributed by atoms with Crippen molar-refractivity contribution in [2.24, 2.45) is 0 Å². The predicted octanol–water partition coefficient (Wildman–Crippen LogP) is 0.737. The summed E-state index contributed by atoms with van der Waals surface area (Å²) in [4.78, 5) is 45.6. The molecule has 1 unspecified atom stereocenters. The first-order valence-corrected chi connectivity index (χ1v) is 8.88. The molecule has 0 fully saturated rings. The third-order valence-electron chi connectivity index (χ3n) is 5.11. The van der Waals surface area contributed by atoms with Crippen LogP contribution >= 0.6 is 0 Å². The van der Waals surface area contributed by atoms with Gasteiger partial charge in [0.2, 0.25) is 5.91 Å². The lowest BCUT2D eigenvalue weighted by Crippen LogP contribution is -2.37. The molecule has 1 aliphatic heterocycles. The van der Waals surface area contributed by atoms with Gasteiger partial charge >= 0.3 is 0 Å². The zero-order chi connectivity index (χ0) is 19.0. The van der Waals surface area contributed by atoms with Crippen molar-refractivity contribution < 1.29 is 4.79 Å². The highest BCUT2D eigenvalue weighted by atomic mass is 16.2. The van der Waals surface area contributed by atoms with Gasteiger partial charge in [0, 0.05) is 30.5 Å². The molecule has 0 aliphatic carbocycles. The van der Waals surface area contributed by atoms with Gasteiger partial charge in [0.1, 0.15) is 0 Å². The lowest BCUT2D eigenvalue weighted by Gasteiger charge is -2.24. The fourth-order valence-corrected chi connectivity index (χ4v) is 3.61. The van der Waals surface area contributed by atoms with Crippen molar-refractivity contribution in [1.82, 2.24) is 25.1 Å². The molecule has 0 saturated carbocycles. The summed E-state index contributed by atoms with van der Waals surface area (Å²) in [6.45, 7) is 2.73. The monoisotopic (exact) mass is 365 g/mol. The van der Waals surface area contributed by atoms with E-state index in [0.29, 0.717) is 48.0 Å². The lowest BCUT2D eigenvalue weighted by atomic mass is 10.00. The number of hydrogen-bond acceptors (Lipinski definition) is 5. The predicted molar refractivity (Wildman–Crippen MR) is 99.6 cm³/mol. The maximum absolute atomic E-state index is 13.1. The highest BCUT2D eigenvalue weighted by Crippen LogP contribution is 2.23. The summed E-state index contributed by atoms with van der Waals surface area (Å²) in [5.74, 6) is -0.594. The zero-order valence-electron chi connectivity index (χ0n) is 14.9. The van der Waals surface area contributed by atoms with Crippen LogP contribution in [0.5, 0.6) is 0 Å². The molecule has 2 N–H and O–H groups in total. The van der Waals surface area contributed by atoms with Crippen molar-refractivity contribution in [3.8, 4) is 0 Å². The van der Waals surface area contributed by atoms with Crippen molar-refractivity contribution in [1.29, 1.82) is 0 Å². The van der Waals surface area contributed by atoms with E-state index in [4.69, 9.17) is 0 Å². The number of carbonyl (C=O) groups is 1. The van der Waals surface area contributed by atoms with Gasteiger partial charge in [0.05, 0.1) is 29.0 Å². The van der Waals surface area contributed by atoms with Crippen LogP contribution in [0.15, 0.2) is 40.2 Å². The van der Waals surface area contributed by atoms with E-state index in [-0.39, 0.29) is 17.0 Å². The van der Waals surface area contributed by atoms with E-state index in [2.05, 4.69) is 20.2 Å². The van der Waals surface area contributed by atoms with Gasteiger partial charge in [-0.25, -0.2) is 10.1 Å². The Bertz CT molecular complexity index is 1130. The van der Waals surface area contributed by atoms with Crippen molar-refractivity contribution in [3.63, 3.8) is 0 Å². The fourth-order valence-electron chi connectivity index (χ4n) is 3.61. The van der Waals surface area contributed by atoms with Gasteiger partial charge in [-0.3, -0.25) is 14.4 Å². The maximum atomic E-state index is 13.1. The van der Waals surface area contributed by atoms with Crippen molar-refractivity contribution in [2.75, 3.05) is 13.1 Å². The molecule has 138 valence electrons. The Hall–Kier alpha value is -3.29. The van der Waals surface area contributed by atoms with Crippen LogP contribution in [0.25, 0.3) is 10.8 Å². The molecule has 0 radical (unpaired) electrons. The Kier molecular flexibility index (Phi) is 4.31. The maximum Gasteiger partial charge on any atom is 0.272 e. The van der Waals surface area contributed by atoms with Gasteiger partial charge in [-0.05, 0) is 19.4 Å². The first-order chi connectivity index (χ1) is 13.1. The summed E-state index contributed by atoms with van der Waals surface area (Å²) in [6, 6.07) is 7.13. The van der Waals surface area contributed by atoms with Crippen LogP contribution in [-0.4, -0.2) is 44.1 Å². The van der Waals surface area contributed by atoms with Gasteiger partial charge in [-0.2, -0.15) is 5.10 Å². The summed E-state index contributed by atoms with van der Waals surface area (Å²) >= 11 is 0. The molecule has 0 spiro atoms. The number of nitrogens with zero attached hydrogens (tertiary/aromatic N) is 3. The average molecular weight is 365 g/mol. The molecule has 3 aromatic rings. The number of fused-ring (bicyclic) bond motifs is 2. The topological polar surface area (TPSA) is 112 Å². The number of rotatable bonds is 2. The number of carbonyl (C=O) groups excluding carboxylic acids is 1. The minimum atomic E-state index is -0.515. The van der Waals surface area contributed by atoms with Crippen LogP contribution < -0.4 is 11.1 Å². The van der Waals surface area contributed by atoms with E-state index in [1.54, 1.807) is 30.0 Å². The van der Waals surface area contributed by atoms with E-state index < -0.39 is 5.92 Å². The van der Waals surface area contributed by atoms with E-state index >= 15 is 0 Å². The summed E-state index contributed by atoms with van der Waals surface area (Å²) in [5, 5.41) is 7.82. The van der Waals surface area contributed by atoms with Crippen LogP contribution in [0.3, 0.4) is 0 Å². The second kappa shape index (κ2) is 6.79. The summed E-state index contributed by atoms with van der Waals surface area (Å²) in [5.41, 5.74) is 1.52. The SMILES string of the molecule is CC(C(=O)N1CCc2nc[nH]c(=O)c2CC1)c1n[nH]c(=O)c2ccccc12. The summed E-state index contributed by atoms with van der Waals surface area (Å²) < 4.78 is 0. The van der Waals surface area contributed by atoms with E-state index in [9.17, 15) is 14.4 Å². The van der Waals surface area contributed by atoms with Gasteiger partial charge in [0.25, 0.3) is 11.1 Å². The second-order valence-corrected chi connectivity index (χ2v) is 6.69. The molecular formula is C19H19N5O3. The molecule has 1 aromatic carbocycles. The minimum Gasteiger partial charge on any atom is -0.341 e. The third kappa shape index (κ3) is 3.03. The molecule has 4 rings (SSSR count). The smallest absolute Gasteiger partial charge is 0.272 e. The molecular weight excluding hydrogens is 346 g/mol. The Morgan fingerprint density at radius 2 is 1.85 bits per heavy atom. The largest absolute Gasteiger partial charge is 0.341 e. The number of H-pyrrole nitrogens is 2. The van der Waals surface area contributed by atoms with Gasteiger partial charge in [0.15, 0.2) is 0 Å². The van der Waals surface area contributed by atoms with E-state index in [0.717, 1.165) is 5.69 Å². The van der Waals surface area contributed by atoms with Crippen molar-refractivity contribution in [2.45, 2.75) is 25.7 Å². The Labute approximate surface area is 154 Å². The number of amides is 1. The van der Waals surface area contributed by atoms with E-state index in [1.807, 2.05) is 6.07 Å². The zero-order valence-corrected chi connectivity index (χ0v) is 14.9. The number of nitrogens with one attached hydrogen (secondary N) is 2. The summed E-state index contributed by atoms with van der Waals surface area (Å²) in [6.07, 6.45) is 2.41. The fraction of sp³-hybridized carbons (Fsp3) is 0.316. The first-order valence-electron chi connectivity index (χ1n) is 8.88. The molecule has 8 heteroatoms. The minimum absolute atomic E-state index is 0.0797. The molecule has 0 saturated heterocycles. The van der Waals surface area contributed by atoms with Crippen LogP contribution in [0.4, 0.5) is 0 Å². The van der Waals surface area contributed by atoms with Crippen LogP contribution in [0.2, 0.25) is 0 Å². The molecule has 8 nitrogen and oxygen atoms in total. The Balaban J connectivity index is 1.63. The Morgan fingerprint density at radius 1 is 1.11 bits per heavy atom. The number of aromatic nitrogens is 4. The van der Waals surface area contributed by atoms with Gasteiger partial charge in [-0.15, -0.1) is 0 Å². The number of benzene rings is 1. The van der Waals surface area contributed by atoms with E-state index in [1.165, 1.54) is 6.33 Å². The first kappa shape index (κ1) is 17.1. The van der Waals surface area contributed by atoms with Gasteiger partial charge in [-0.1, -0.05) is 18.2 Å². The summed E-state index contributed by atoms with van der Waals surface area (Å²) in [7, 11) is 0. The lowest BCUT2D eigenvalue weighted by molar-refractivity contribution is -0.132. The third-order valence-corrected chi connectivity index (χ3v) is 5.11. The van der Waals surface area contributed by atoms with Crippen LogP contribution in [0, 0.1) is 0 Å². The standard InChI is InChI=1S/C19H19N5O3/c1-11(16-12-4-2-3-5-13(12)18(26)23-22-16)19(27)24-8-6-14-15(7-9-24)20-10-21-17(14)25/h2-5,10-11H,6-9H2,1H3,(H,23,26)(H,20,21,25). The molecule has 1 aliphatic rings.